The molecule has 22 heavy (non-hydrogen) atoms. The number of hydrogen-bond donors (Lipinski definition) is 1. The Bertz CT molecular complexity index is 528. The molecule has 0 aromatic heterocycles. The first-order valence-corrected chi connectivity index (χ1v) is 8.29. The molecule has 0 bridgehead atoms. The number of benzene rings is 1. The molecule has 1 spiro atoms. The van der Waals surface area contributed by atoms with Gasteiger partial charge < -0.3 is 10.2 Å². The number of likely N-dealkylation sites (tertiary alicyclic amines) is 1. The van der Waals surface area contributed by atoms with Gasteiger partial charge in [0.15, 0.2) is 5.96 Å². The summed E-state index contributed by atoms with van der Waals surface area (Å²) in [5, 5.41) is 4.34. The standard InChI is InChI=1S/C17H24ClN3.HI/c1-19-16(21-12-10-17(13-21)8-4-9-17)20-11-7-14-5-2-3-6-15(14)18;/h2-3,5-6H,4,7-13H2,1H3,(H,19,20);1H. The average Bonchev–Trinajstić information content (AvgIpc) is 2.91. The van der Waals surface area contributed by atoms with Crippen LogP contribution in [0.15, 0.2) is 29.3 Å². The van der Waals surface area contributed by atoms with Gasteiger partial charge >= 0.3 is 0 Å². The molecule has 0 unspecified atom stereocenters. The highest BCUT2D eigenvalue weighted by atomic mass is 127. The zero-order chi connectivity index (χ0) is 14.7. The second-order valence-corrected chi connectivity index (χ2v) is 6.75. The Labute approximate surface area is 155 Å². The first-order chi connectivity index (χ1) is 10.2. The molecule has 1 N–H and O–H groups in total. The van der Waals surface area contributed by atoms with Crippen molar-refractivity contribution in [1.29, 1.82) is 0 Å². The summed E-state index contributed by atoms with van der Waals surface area (Å²) in [6.07, 6.45) is 6.47. The summed E-state index contributed by atoms with van der Waals surface area (Å²) in [6.45, 7) is 3.20. The van der Waals surface area contributed by atoms with E-state index in [1.807, 2.05) is 25.2 Å². The van der Waals surface area contributed by atoms with Crippen molar-refractivity contribution in [3.63, 3.8) is 0 Å². The summed E-state index contributed by atoms with van der Waals surface area (Å²) in [4.78, 5) is 6.87. The van der Waals surface area contributed by atoms with Gasteiger partial charge in [-0.1, -0.05) is 36.2 Å². The lowest BCUT2D eigenvalue weighted by atomic mass is 9.68. The Kier molecular flexibility index (Phi) is 6.38. The molecule has 1 saturated heterocycles. The molecule has 3 nitrogen and oxygen atoms in total. The van der Waals surface area contributed by atoms with E-state index >= 15 is 0 Å². The van der Waals surface area contributed by atoms with Crippen LogP contribution in [0.1, 0.15) is 31.2 Å². The van der Waals surface area contributed by atoms with Crippen LogP contribution >= 0.6 is 35.6 Å². The predicted octanol–water partition coefficient (Wildman–Crippen LogP) is 3.95. The Hall–Kier alpha value is -0.490. The number of nitrogens with one attached hydrogen (secondary N) is 1. The molecular weight excluding hydrogens is 409 g/mol. The van der Waals surface area contributed by atoms with E-state index in [9.17, 15) is 0 Å². The van der Waals surface area contributed by atoms with Crippen molar-refractivity contribution in [2.75, 3.05) is 26.7 Å². The van der Waals surface area contributed by atoms with Gasteiger partial charge in [0.2, 0.25) is 0 Å². The van der Waals surface area contributed by atoms with E-state index in [0.717, 1.165) is 30.5 Å². The third-order valence-corrected chi connectivity index (χ3v) is 5.37. The van der Waals surface area contributed by atoms with Crippen LogP contribution in [0, 0.1) is 5.41 Å². The largest absolute Gasteiger partial charge is 0.356 e. The molecule has 1 aliphatic heterocycles. The molecule has 0 radical (unpaired) electrons. The van der Waals surface area contributed by atoms with Gasteiger partial charge in [-0.15, -0.1) is 24.0 Å². The lowest BCUT2D eigenvalue weighted by Crippen LogP contribution is -2.43. The van der Waals surface area contributed by atoms with Crippen molar-refractivity contribution < 1.29 is 0 Å². The molecule has 1 heterocycles. The van der Waals surface area contributed by atoms with Gasteiger partial charge in [0, 0.05) is 31.7 Å². The zero-order valence-electron chi connectivity index (χ0n) is 13.1. The van der Waals surface area contributed by atoms with E-state index < -0.39 is 0 Å². The van der Waals surface area contributed by atoms with Crippen LogP contribution in [0.5, 0.6) is 0 Å². The number of hydrogen-bond acceptors (Lipinski definition) is 1. The lowest BCUT2D eigenvalue weighted by molar-refractivity contribution is 0.151. The number of guanidine groups is 1. The maximum absolute atomic E-state index is 6.20. The Morgan fingerprint density at radius 2 is 2.09 bits per heavy atom. The van der Waals surface area contributed by atoms with Gasteiger partial charge in [0.1, 0.15) is 0 Å². The molecule has 0 atom stereocenters. The minimum atomic E-state index is 0. The first-order valence-electron chi connectivity index (χ1n) is 7.91. The molecule has 3 rings (SSSR count). The SMILES string of the molecule is CN=C(NCCc1ccccc1Cl)N1CCC2(CCC2)C1.I. The molecule has 5 heteroatoms. The lowest BCUT2D eigenvalue weighted by Gasteiger charge is -2.38. The van der Waals surface area contributed by atoms with Crippen LogP contribution in [-0.4, -0.2) is 37.5 Å². The fraction of sp³-hybridized carbons (Fsp3) is 0.588. The second-order valence-electron chi connectivity index (χ2n) is 6.34. The van der Waals surface area contributed by atoms with Crippen LogP contribution < -0.4 is 5.32 Å². The second kappa shape index (κ2) is 7.86. The van der Waals surface area contributed by atoms with Gasteiger partial charge in [0.05, 0.1) is 0 Å². The molecule has 2 fully saturated rings. The molecule has 1 saturated carbocycles. The number of nitrogens with zero attached hydrogens (tertiary/aromatic N) is 2. The van der Waals surface area contributed by atoms with Crippen molar-refractivity contribution in [2.24, 2.45) is 10.4 Å². The maximum atomic E-state index is 6.20. The van der Waals surface area contributed by atoms with Crippen LogP contribution in [-0.2, 0) is 6.42 Å². The Balaban J connectivity index is 0.00000176. The first kappa shape index (κ1) is 17.9. The minimum Gasteiger partial charge on any atom is -0.356 e. The molecular formula is C17H25ClIN3. The fourth-order valence-corrected chi connectivity index (χ4v) is 3.77. The smallest absolute Gasteiger partial charge is 0.193 e. The zero-order valence-corrected chi connectivity index (χ0v) is 16.2. The van der Waals surface area contributed by atoms with E-state index in [4.69, 9.17) is 11.6 Å². The van der Waals surface area contributed by atoms with Gasteiger partial charge in [-0.05, 0) is 42.7 Å². The predicted molar refractivity (Wildman–Crippen MR) is 104 cm³/mol. The van der Waals surface area contributed by atoms with Crippen molar-refractivity contribution in [3.8, 4) is 0 Å². The monoisotopic (exact) mass is 433 g/mol. The van der Waals surface area contributed by atoms with Gasteiger partial charge in [-0.2, -0.15) is 0 Å². The molecule has 0 amide bonds. The summed E-state index contributed by atoms with van der Waals surface area (Å²) in [6, 6.07) is 8.05. The van der Waals surface area contributed by atoms with Crippen LogP contribution in [0.3, 0.4) is 0 Å². The van der Waals surface area contributed by atoms with Crippen LogP contribution in [0.25, 0.3) is 0 Å². The molecule has 2 aliphatic rings. The average molecular weight is 434 g/mol. The van der Waals surface area contributed by atoms with E-state index in [-0.39, 0.29) is 24.0 Å². The van der Waals surface area contributed by atoms with Crippen molar-refractivity contribution in [3.05, 3.63) is 34.9 Å². The summed E-state index contributed by atoms with van der Waals surface area (Å²) in [5.74, 6) is 1.05. The summed E-state index contributed by atoms with van der Waals surface area (Å²) >= 11 is 6.20. The van der Waals surface area contributed by atoms with Gasteiger partial charge in [-0.25, -0.2) is 0 Å². The van der Waals surface area contributed by atoms with Gasteiger partial charge in [0.25, 0.3) is 0 Å². The number of aliphatic imine (C=N–C) groups is 1. The van der Waals surface area contributed by atoms with Gasteiger partial charge in [-0.3, -0.25) is 4.99 Å². The van der Waals surface area contributed by atoms with Crippen molar-refractivity contribution in [1.82, 2.24) is 10.2 Å². The number of halogens is 2. The fourth-order valence-electron chi connectivity index (χ4n) is 3.54. The molecule has 1 aromatic carbocycles. The van der Waals surface area contributed by atoms with E-state index in [1.54, 1.807) is 0 Å². The topological polar surface area (TPSA) is 27.6 Å². The van der Waals surface area contributed by atoms with Crippen molar-refractivity contribution >= 4 is 41.5 Å². The highest BCUT2D eigenvalue weighted by Gasteiger charge is 2.43. The molecule has 1 aromatic rings. The van der Waals surface area contributed by atoms with E-state index in [0.29, 0.717) is 5.41 Å². The minimum absolute atomic E-state index is 0. The summed E-state index contributed by atoms with van der Waals surface area (Å²) < 4.78 is 0. The molecule has 122 valence electrons. The van der Waals surface area contributed by atoms with E-state index in [1.165, 1.54) is 37.8 Å². The number of rotatable bonds is 3. The van der Waals surface area contributed by atoms with Crippen molar-refractivity contribution in [2.45, 2.75) is 32.1 Å². The van der Waals surface area contributed by atoms with Crippen LogP contribution in [0.2, 0.25) is 5.02 Å². The summed E-state index contributed by atoms with van der Waals surface area (Å²) in [7, 11) is 1.88. The third-order valence-electron chi connectivity index (χ3n) is 5.00. The highest BCUT2D eigenvalue weighted by molar-refractivity contribution is 14.0. The quantitative estimate of drug-likeness (QED) is 0.444. The third kappa shape index (κ3) is 3.88. The van der Waals surface area contributed by atoms with E-state index in [2.05, 4.69) is 21.3 Å². The highest BCUT2D eigenvalue weighted by Crippen LogP contribution is 2.47. The Morgan fingerprint density at radius 1 is 1.32 bits per heavy atom. The maximum Gasteiger partial charge on any atom is 0.193 e. The normalized spacial score (nSPS) is 19.7. The van der Waals surface area contributed by atoms with Crippen LogP contribution in [0.4, 0.5) is 0 Å². The Morgan fingerprint density at radius 3 is 2.68 bits per heavy atom. The molecule has 1 aliphatic carbocycles. The summed E-state index contributed by atoms with van der Waals surface area (Å²) in [5.41, 5.74) is 1.80.